The van der Waals surface area contributed by atoms with Gasteiger partial charge in [0.05, 0.1) is 0 Å². The van der Waals surface area contributed by atoms with Crippen LogP contribution in [0.1, 0.15) is 84.5 Å². The summed E-state index contributed by atoms with van der Waals surface area (Å²) < 4.78 is 0. The Bertz CT molecular complexity index is 190. The molecule has 0 radical (unpaired) electrons. The minimum atomic E-state index is 0.703. The van der Waals surface area contributed by atoms with E-state index in [0.717, 1.165) is 0 Å². The van der Waals surface area contributed by atoms with Crippen molar-refractivity contribution in [3.63, 3.8) is 0 Å². The van der Waals surface area contributed by atoms with Crippen LogP contribution in [-0.2, 0) is 0 Å². The second-order valence-electron chi connectivity index (χ2n) is 5.40. The van der Waals surface area contributed by atoms with E-state index in [1.165, 1.54) is 70.6 Å². The number of hydrogen-bond acceptors (Lipinski definition) is 0. The first-order valence-electron chi connectivity index (χ1n) is 8.12. The van der Waals surface area contributed by atoms with Gasteiger partial charge in [0.15, 0.2) is 0 Å². The van der Waals surface area contributed by atoms with Crippen molar-refractivity contribution in [3.8, 4) is 0 Å². The third-order valence-electron chi connectivity index (χ3n) is 3.59. The highest BCUT2D eigenvalue weighted by Gasteiger charge is 2.01. The summed E-state index contributed by atoms with van der Waals surface area (Å²) in [7, 11) is 0. The first-order chi connectivity index (χ1) is 8.85. The van der Waals surface area contributed by atoms with Gasteiger partial charge >= 0.3 is 0 Å². The average molecular weight is 250 g/mol. The fraction of sp³-hybridized carbons (Fsp3) is 0.778. The van der Waals surface area contributed by atoms with Gasteiger partial charge in [0.25, 0.3) is 0 Å². The molecule has 0 rings (SSSR count). The minimum absolute atomic E-state index is 0.703. The zero-order valence-corrected chi connectivity index (χ0v) is 12.8. The van der Waals surface area contributed by atoms with E-state index in [9.17, 15) is 0 Å². The highest BCUT2D eigenvalue weighted by Crippen LogP contribution is 2.16. The molecule has 0 aliphatic rings. The zero-order chi connectivity index (χ0) is 13.5. The number of allylic oxidation sites excluding steroid dienone is 3. The lowest BCUT2D eigenvalue weighted by molar-refractivity contribution is 0.534. The Labute approximate surface area is 116 Å². The topological polar surface area (TPSA) is 0 Å². The van der Waals surface area contributed by atoms with Gasteiger partial charge in [-0.3, -0.25) is 0 Å². The molecule has 0 heteroatoms. The van der Waals surface area contributed by atoms with Crippen molar-refractivity contribution in [2.24, 2.45) is 5.92 Å². The Morgan fingerprint density at radius 2 is 1.50 bits per heavy atom. The van der Waals surface area contributed by atoms with Gasteiger partial charge < -0.3 is 0 Å². The molecule has 0 aromatic heterocycles. The molecular weight excluding hydrogens is 216 g/mol. The van der Waals surface area contributed by atoms with Crippen molar-refractivity contribution in [1.82, 2.24) is 0 Å². The van der Waals surface area contributed by atoms with Crippen molar-refractivity contribution in [2.45, 2.75) is 84.5 Å². The predicted molar refractivity (Wildman–Crippen MR) is 85.0 cm³/mol. The van der Waals surface area contributed by atoms with Crippen LogP contribution >= 0.6 is 0 Å². The van der Waals surface area contributed by atoms with Gasteiger partial charge in [0, 0.05) is 0 Å². The van der Waals surface area contributed by atoms with Crippen LogP contribution in [-0.4, -0.2) is 0 Å². The Morgan fingerprint density at radius 1 is 0.833 bits per heavy atom. The molecule has 0 bridgehead atoms. The SMILES string of the molecule is C=CC(CC=CCCCCCC)CCCCCC. The van der Waals surface area contributed by atoms with Gasteiger partial charge in [-0.05, 0) is 31.6 Å². The van der Waals surface area contributed by atoms with Crippen LogP contribution in [0.15, 0.2) is 24.8 Å². The van der Waals surface area contributed by atoms with Crippen LogP contribution < -0.4 is 0 Å². The van der Waals surface area contributed by atoms with Crippen LogP contribution in [0.25, 0.3) is 0 Å². The van der Waals surface area contributed by atoms with Crippen molar-refractivity contribution in [3.05, 3.63) is 24.8 Å². The van der Waals surface area contributed by atoms with Gasteiger partial charge in [-0.1, -0.05) is 77.0 Å². The Morgan fingerprint density at radius 3 is 2.11 bits per heavy atom. The normalized spacial score (nSPS) is 13.0. The molecule has 18 heavy (non-hydrogen) atoms. The van der Waals surface area contributed by atoms with E-state index in [4.69, 9.17) is 0 Å². The molecule has 1 unspecified atom stereocenters. The molecule has 0 aliphatic carbocycles. The third kappa shape index (κ3) is 12.0. The minimum Gasteiger partial charge on any atom is -0.103 e. The molecule has 0 amide bonds. The number of unbranched alkanes of at least 4 members (excludes halogenated alkanes) is 7. The monoisotopic (exact) mass is 250 g/mol. The molecule has 0 saturated heterocycles. The van der Waals surface area contributed by atoms with Crippen LogP contribution in [0, 0.1) is 5.92 Å². The van der Waals surface area contributed by atoms with E-state index < -0.39 is 0 Å². The summed E-state index contributed by atoms with van der Waals surface area (Å²) in [5.74, 6) is 0.703. The molecule has 0 heterocycles. The first-order valence-corrected chi connectivity index (χ1v) is 8.12. The van der Waals surface area contributed by atoms with Crippen molar-refractivity contribution in [2.75, 3.05) is 0 Å². The van der Waals surface area contributed by atoms with E-state index in [1.54, 1.807) is 0 Å². The van der Waals surface area contributed by atoms with Crippen LogP contribution in [0.3, 0.4) is 0 Å². The van der Waals surface area contributed by atoms with Gasteiger partial charge in [0.1, 0.15) is 0 Å². The Kier molecular flexibility index (Phi) is 14.1. The fourth-order valence-corrected chi connectivity index (χ4v) is 2.24. The summed E-state index contributed by atoms with van der Waals surface area (Å²) in [6.07, 6.45) is 21.6. The summed E-state index contributed by atoms with van der Waals surface area (Å²) in [5, 5.41) is 0. The molecule has 0 aromatic carbocycles. The lowest BCUT2D eigenvalue weighted by Gasteiger charge is -2.09. The largest absolute Gasteiger partial charge is 0.103 e. The molecule has 106 valence electrons. The predicted octanol–water partition coefficient (Wildman–Crippen LogP) is 6.68. The quantitative estimate of drug-likeness (QED) is 0.253. The van der Waals surface area contributed by atoms with E-state index in [1.807, 2.05) is 0 Å². The number of hydrogen-bond donors (Lipinski definition) is 0. The molecule has 0 N–H and O–H groups in total. The molecule has 0 fully saturated rings. The molecule has 0 aliphatic heterocycles. The molecule has 0 spiro atoms. The van der Waals surface area contributed by atoms with E-state index >= 15 is 0 Å². The maximum Gasteiger partial charge on any atom is -0.0202 e. The van der Waals surface area contributed by atoms with Crippen LogP contribution in [0.4, 0.5) is 0 Å². The standard InChI is InChI=1S/C18H34/c1-4-7-9-11-12-13-15-17-18(6-3)16-14-10-8-5-2/h6,13,15,18H,3-5,7-12,14,16-17H2,1-2H3. The van der Waals surface area contributed by atoms with Gasteiger partial charge in [-0.25, -0.2) is 0 Å². The maximum atomic E-state index is 3.97. The van der Waals surface area contributed by atoms with E-state index in [-0.39, 0.29) is 0 Å². The van der Waals surface area contributed by atoms with Gasteiger partial charge in [0.2, 0.25) is 0 Å². The van der Waals surface area contributed by atoms with Gasteiger partial charge in [-0.15, -0.1) is 6.58 Å². The summed E-state index contributed by atoms with van der Waals surface area (Å²) >= 11 is 0. The summed E-state index contributed by atoms with van der Waals surface area (Å²) in [6, 6.07) is 0. The summed E-state index contributed by atoms with van der Waals surface area (Å²) in [5.41, 5.74) is 0. The van der Waals surface area contributed by atoms with Crippen LogP contribution in [0.5, 0.6) is 0 Å². The Hall–Kier alpha value is -0.520. The highest BCUT2D eigenvalue weighted by molar-refractivity contribution is 4.89. The lowest BCUT2D eigenvalue weighted by atomic mass is 9.97. The molecular formula is C18H34. The smallest absolute Gasteiger partial charge is 0.0202 e. The summed E-state index contributed by atoms with van der Waals surface area (Å²) in [4.78, 5) is 0. The zero-order valence-electron chi connectivity index (χ0n) is 12.8. The maximum absolute atomic E-state index is 3.97. The van der Waals surface area contributed by atoms with Crippen molar-refractivity contribution < 1.29 is 0 Å². The first kappa shape index (κ1) is 17.5. The number of rotatable bonds is 13. The average Bonchev–Trinajstić information content (AvgIpc) is 2.40. The highest BCUT2D eigenvalue weighted by atomic mass is 14.1. The van der Waals surface area contributed by atoms with Gasteiger partial charge in [-0.2, -0.15) is 0 Å². The van der Waals surface area contributed by atoms with E-state index in [2.05, 4.69) is 38.7 Å². The molecule has 0 saturated carbocycles. The van der Waals surface area contributed by atoms with E-state index in [0.29, 0.717) is 5.92 Å². The molecule has 0 nitrogen and oxygen atoms in total. The summed E-state index contributed by atoms with van der Waals surface area (Å²) in [6.45, 7) is 8.50. The second-order valence-corrected chi connectivity index (χ2v) is 5.40. The van der Waals surface area contributed by atoms with Crippen LogP contribution in [0.2, 0.25) is 0 Å². The second kappa shape index (κ2) is 14.5. The fourth-order valence-electron chi connectivity index (χ4n) is 2.24. The molecule has 0 aromatic rings. The Balaban J connectivity index is 3.47. The molecule has 1 atom stereocenters. The third-order valence-corrected chi connectivity index (χ3v) is 3.59. The van der Waals surface area contributed by atoms with Crippen molar-refractivity contribution >= 4 is 0 Å². The van der Waals surface area contributed by atoms with Crippen molar-refractivity contribution in [1.29, 1.82) is 0 Å². The lowest BCUT2D eigenvalue weighted by Crippen LogP contribution is -1.94.